The third-order valence-electron chi connectivity index (χ3n) is 11.2. The molecule has 0 saturated carbocycles. The second-order valence-corrected chi connectivity index (χ2v) is 16.6. The Morgan fingerprint density at radius 1 is 1.03 bits per heavy atom. The fraction of sp³-hybridized carbons (Fsp3) is 0.652. The molecular formula is C46H69N3O12. The number of alkyl carbamates (subject to hydrolysis) is 1. The lowest BCUT2D eigenvalue weighted by Crippen LogP contribution is -2.52. The van der Waals surface area contributed by atoms with E-state index in [1.54, 1.807) is 53.8 Å². The number of nitrogens with one attached hydrogen (secondary N) is 1. The van der Waals surface area contributed by atoms with Crippen molar-refractivity contribution in [1.82, 2.24) is 15.2 Å². The molecule has 7 unspecified atom stereocenters. The number of methoxy groups -OCH3 is 1. The minimum atomic E-state index is -1.39. The Bertz CT molecular complexity index is 1780. The van der Waals surface area contributed by atoms with E-state index in [1.165, 1.54) is 7.11 Å². The lowest BCUT2D eigenvalue weighted by molar-refractivity contribution is -0.253. The van der Waals surface area contributed by atoms with Crippen molar-refractivity contribution in [3.63, 3.8) is 0 Å². The molecule has 10 atom stereocenters. The number of hydrogen-bond donors (Lipinski definition) is 1. The number of carbonyl (C=O) groups excluding carboxylic acids is 5. The number of benzene rings is 1. The molecule has 0 aliphatic carbocycles. The van der Waals surface area contributed by atoms with E-state index in [-0.39, 0.29) is 55.9 Å². The molecule has 3 aliphatic rings. The van der Waals surface area contributed by atoms with Crippen LogP contribution >= 0.6 is 0 Å². The number of pyridine rings is 1. The van der Waals surface area contributed by atoms with Gasteiger partial charge in [0, 0.05) is 35.9 Å². The maximum absolute atomic E-state index is 14.0. The summed E-state index contributed by atoms with van der Waals surface area (Å²) >= 11 is 0. The van der Waals surface area contributed by atoms with Gasteiger partial charge in [-0.15, -0.1) is 0 Å². The molecule has 1 N–H and O–H groups in total. The van der Waals surface area contributed by atoms with E-state index in [1.807, 2.05) is 71.3 Å². The van der Waals surface area contributed by atoms with Gasteiger partial charge in [0.05, 0.1) is 36.6 Å². The fourth-order valence-corrected chi connectivity index (χ4v) is 7.67. The largest absolute Gasteiger partial charge is 0.509 e. The Hall–Kier alpha value is -4.60. The number of hydrogen-bond acceptors (Lipinski definition) is 14. The number of cyclic esters (lactones) is 1. The molecular weight excluding hydrogens is 787 g/mol. The highest BCUT2D eigenvalue weighted by molar-refractivity contribution is 5.85. The van der Waals surface area contributed by atoms with E-state index in [9.17, 15) is 24.0 Å². The summed E-state index contributed by atoms with van der Waals surface area (Å²) < 4.78 is 40.0. The van der Waals surface area contributed by atoms with Crippen LogP contribution in [-0.4, -0.2) is 117 Å². The van der Waals surface area contributed by atoms with Gasteiger partial charge in [-0.1, -0.05) is 72.7 Å². The molecule has 15 heteroatoms. The average Bonchev–Trinajstić information content (AvgIpc) is 3.61. The van der Waals surface area contributed by atoms with Gasteiger partial charge in [-0.05, 0) is 77.4 Å². The molecule has 5 rings (SSSR count). The molecule has 1 aromatic heterocycles. The van der Waals surface area contributed by atoms with Gasteiger partial charge < -0.3 is 43.4 Å². The highest BCUT2D eigenvalue weighted by Crippen LogP contribution is 2.36. The molecule has 15 nitrogen and oxygen atoms in total. The topological polar surface area (TPSA) is 178 Å². The zero-order valence-electron chi connectivity index (χ0n) is 38.1. The van der Waals surface area contributed by atoms with E-state index >= 15 is 0 Å². The molecule has 0 radical (unpaired) electrons. The van der Waals surface area contributed by atoms with Crippen LogP contribution < -0.4 is 5.32 Å². The number of carbonyl (C=O) groups is 5. The van der Waals surface area contributed by atoms with Gasteiger partial charge in [-0.2, -0.15) is 0 Å². The Kier molecular flexibility index (Phi) is 20.1. The van der Waals surface area contributed by atoms with Crippen LogP contribution in [0.25, 0.3) is 17.0 Å². The van der Waals surface area contributed by atoms with Gasteiger partial charge in [-0.25, -0.2) is 9.59 Å². The smallest absolute Gasteiger partial charge is 0.469 e. The summed E-state index contributed by atoms with van der Waals surface area (Å²) in [6.45, 7) is 16.3. The number of para-hydroxylation sites is 1. The first-order chi connectivity index (χ1) is 28.9. The lowest BCUT2D eigenvalue weighted by Gasteiger charge is -2.43. The molecule has 3 fully saturated rings. The summed E-state index contributed by atoms with van der Waals surface area (Å²) in [5.41, 5.74) is 0.338. The van der Waals surface area contributed by atoms with E-state index in [2.05, 4.69) is 19.9 Å². The van der Waals surface area contributed by atoms with Crippen molar-refractivity contribution >= 4 is 46.9 Å². The Morgan fingerprint density at radius 2 is 1.74 bits per heavy atom. The quantitative estimate of drug-likeness (QED) is 0.204. The normalized spacial score (nSPS) is 29.7. The van der Waals surface area contributed by atoms with Crippen molar-refractivity contribution in [2.75, 3.05) is 34.4 Å². The minimum absolute atomic E-state index is 0.00463. The van der Waals surface area contributed by atoms with Gasteiger partial charge in [0.15, 0.2) is 12.4 Å². The predicted octanol–water partition coefficient (Wildman–Crippen LogP) is 7.52. The van der Waals surface area contributed by atoms with Crippen LogP contribution in [0.15, 0.2) is 42.6 Å². The summed E-state index contributed by atoms with van der Waals surface area (Å²) in [7, 11) is 5.42. The highest BCUT2D eigenvalue weighted by Gasteiger charge is 2.48. The van der Waals surface area contributed by atoms with Crippen molar-refractivity contribution in [2.24, 2.45) is 23.7 Å². The summed E-state index contributed by atoms with van der Waals surface area (Å²) in [5, 5.41) is 3.70. The minimum Gasteiger partial charge on any atom is -0.469 e. The third-order valence-corrected chi connectivity index (χ3v) is 11.2. The zero-order valence-corrected chi connectivity index (χ0v) is 38.1. The molecule has 1 amide bonds. The second kappa shape index (κ2) is 24.1. The monoisotopic (exact) mass is 855 g/mol. The van der Waals surface area contributed by atoms with E-state index in [4.69, 9.17) is 28.4 Å². The van der Waals surface area contributed by atoms with Crippen LogP contribution in [0.3, 0.4) is 0 Å². The van der Waals surface area contributed by atoms with Crippen LogP contribution in [0.4, 0.5) is 9.59 Å². The van der Waals surface area contributed by atoms with Gasteiger partial charge in [0.1, 0.15) is 30.7 Å². The summed E-state index contributed by atoms with van der Waals surface area (Å²) in [4.78, 5) is 69.7. The van der Waals surface area contributed by atoms with Gasteiger partial charge in [0.2, 0.25) is 0 Å². The van der Waals surface area contributed by atoms with Crippen molar-refractivity contribution in [3.05, 3.63) is 48.2 Å². The molecule has 4 heterocycles. The number of nitrogens with zero attached hydrogens (tertiary/aromatic N) is 2. The zero-order chi connectivity index (χ0) is 45.4. The Balaban J connectivity index is 0.00000100. The Labute approximate surface area is 361 Å². The van der Waals surface area contributed by atoms with Gasteiger partial charge in [-0.3, -0.25) is 19.4 Å². The third kappa shape index (κ3) is 15.1. The summed E-state index contributed by atoms with van der Waals surface area (Å²) in [6.07, 6.45) is 3.42. The number of ether oxygens (including phenoxy) is 7. The molecule has 3 saturated heterocycles. The summed E-state index contributed by atoms with van der Waals surface area (Å²) in [6, 6.07) is 9.27. The number of rotatable bonds is 8. The molecule has 1 aromatic carbocycles. The lowest BCUT2D eigenvalue weighted by atomic mass is 9.79. The first-order valence-corrected chi connectivity index (χ1v) is 21.5. The number of ketones is 1. The van der Waals surface area contributed by atoms with Crippen LogP contribution in [0.2, 0.25) is 0 Å². The maximum atomic E-state index is 14.0. The van der Waals surface area contributed by atoms with E-state index < -0.39 is 66.1 Å². The van der Waals surface area contributed by atoms with E-state index in [0.717, 1.165) is 22.9 Å². The fourth-order valence-electron chi connectivity index (χ4n) is 7.67. The molecule has 61 heavy (non-hydrogen) atoms. The average molecular weight is 856 g/mol. The molecule has 0 bridgehead atoms. The summed E-state index contributed by atoms with van der Waals surface area (Å²) in [5.74, 6) is -2.69. The molecule has 2 aromatic rings. The number of Topliss-reactive ketones (excluding diaryl/α,β-unsaturated/α-hetero) is 1. The highest BCUT2D eigenvalue weighted by atomic mass is 16.7. The van der Waals surface area contributed by atoms with E-state index in [0.29, 0.717) is 12.8 Å². The van der Waals surface area contributed by atoms with Crippen LogP contribution in [-0.2, 0) is 47.5 Å². The molecule has 3 aliphatic heterocycles. The Morgan fingerprint density at radius 3 is 2.39 bits per heavy atom. The van der Waals surface area contributed by atoms with Crippen molar-refractivity contribution < 1.29 is 57.1 Å². The standard InChI is InChI=1S/C39H53N3O10.C5H10O2.C2H6/c1-23-14-15-32(51-33-19-29(42(6)7)17-25(3)49-33)39(5,20-24(2)35(43)26(4)34-31(22-48-36(23)44)50-37(45)41-34)52-38(46)47-16-10-11-27-18-28-12-8-9-13-30(28)40-21-27;1-4(2)5(6)7-3;1-2/h8-13,18,21,23-26,29,31-34H,14-17,19-20,22H2,1-7H3,(H,41,45);4H,1-3H3;1-2H3/b11-10+;;/t23-,24-,25?,26?,29?,31?,32?,33?,34?,39-;;/m1../s1. The predicted molar refractivity (Wildman–Crippen MR) is 230 cm³/mol. The van der Waals surface area contributed by atoms with Gasteiger partial charge in [0.25, 0.3) is 0 Å². The SMILES string of the molecule is CC.CC1CC(N(C)C)CC(OC2CC[C@@H](C)C(=O)OCC3OC(=O)NC3C(C)C(=O)[C@H](C)C[C@@]2(C)OC(=O)OC/C=C/c2cnc3ccccc3c2)O1.COC(=O)C(C)C. The second-order valence-electron chi connectivity index (χ2n) is 16.6. The number of fused-ring (bicyclic) bond motifs is 2. The first kappa shape index (κ1) is 50.8. The molecule has 340 valence electrons. The number of esters is 2. The van der Waals surface area contributed by atoms with Crippen LogP contribution in [0.5, 0.6) is 0 Å². The number of aromatic nitrogens is 1. The molecule has 0 spiro atoms. The first-order valence-electron chi connectivity index (χ1n) is 21.5. The van der Waals surface area contributed by atoms with Crippen LogP contribution in [0.1, 0.15) is 100.0 Å². The maximum Gasteiger partial charge on any atom is 0.509 e. The van der Waals surface area contributed by atoms with Crippen molar-refractivity contribution in [1.29, 1.82) is 0 Å². The van der Waals surface area contributed by atoms with Crippen molar-refractivity contribution in [2.45, 2.75) is 137 Å². The number of amides is 1. The van der Waals surface area contributed by atoms with Gasteiger partial charge >= 0.3 is 24.2 Å². The van der Waals surface area contributed by atoms with Crippen molar-refractivity contribution in [3.8, 4) is 0 Å². The van der Waals surface area contributed by atoms with Crippen LogP contribution in [0, 0.1) is 23.7 Å².